The highest BCUT2D eigenvalue weighted by Gasteiger charge is 2.08. The van der Waals surface area contributed by atoms with Gasteiger partial charge in [0.1, 0.15) is 5.82 Å². The second-order valence-electron chi connectivity index (χ2n) is 4.64. The first-order chi connectivity index (χ1) is 9.47. The zero-order valence-electron chi connectivity index (χ0n) is 11.3. The molecular formula is C16H15FO2S. The Morgan fingerprint density at radius 1 is 1.15 bits per heavy atom. The molecule has 0 spiro atoms. The van der Waals surface area contributed by atoms with Crippen molar-refractivity contribution in [3.63, 3.8) is 0 Å². The second-order valence-corrected chi connectivity index (χ2v) is 5.69. The molecule has 20 heavy (non-hydrogen) atoms. The van der Waals surface area contributed by atoms with E-state index in [1.165, 1.54) is 12.1 Å². The van der Waals surface area contributed by atoms with E-state index in [4.69, 9.17) is 5.11 Å². The van der Waals surface area contributed by atoms with Crippen LogP contribution in [0.5, 0.6) is 0 Å². The molecule has 0 atom stereocenters. The fourth-order valence-electron chi connectivity index (χ4n) is 1.90. The smallest absolute Gasteiger partial charge is 0.335 e. The van der Waals surface area contributed by atoms with Crippen molar-refractivity contribution in [2.24, 2.45) is 0 Å². The number of benzene rings is 2. The number of carboxylic acids is 1. The van der Waals surface area contributed by atoms with E-state index < -0.39 is 5.97 Å². The second kappa shape index (κ2) is 6.09. The van der Waals surface area contributed by atoms with Gasteiger partial charge in [0, 0.05) is 10.6 Å². The first kappa shape index (κ1) is 14.6. The van der Waals surface area contributed by atoms with Crippen LogP contribution in [0, 0.1) is 19.7 Å². The van der Waals surface area contributed by atoms with E-state index in [9.17, 15) is 9.18 Å². The number of carboxylic acid groups (broad SMARTS) is 1. The normalized spacial score (nSPS) is 10.6. The zero-order chi connectivity index (χ0) is 14.7. The molecule has 2 rings (SSSR count). The third-order valence-electron chi connectivity index (χ3n) is 3.14. The Hall–Kier alpha value is -1.81. The molecule has 0 radical (unpaired) electrons. The summed E-state index contributed by atoms with van der Waals surface area (Å²) in [6.45, 7) is 3.65. The Balaban J connectivity index is 2.15. The molecule has 0 fully saturated rings. The molecule has 104 valence electrons. The molecule has 0 saturated heterocycles. The fourth-order valence-corrected chi connectivity index (χ4v) is 2.92. The molecule has 2 aromatic carbocycles. The lowest BCUT2D eigenvalue weighted by Crippen LogP contribution is -1.99. The number of carbonyl (C=O) groups is 1. The van der Waals surface area contributed by atoms with Crippen LogP contribution in [0.3, 0.4) is 0 Å². The van der Waals surface area contributed by atoms with Crippen LogP contribution in [0.15, 0.2) is 41.3 Å². The van der Waals surface area contributed by atoms with Gasteiger partial charge in [-0.25, -0.2) is 9.18 Å². The quantitative estimate of drug-likeness (QED) is 0.846. The van der Waals surface area contributed by atoms with Crippen LogP contribution in [-0.2, 0) is 5.75 Å². The van der Waals surface area contributed by atoms with Crippen molar-refractivity contribution >= 4 is 17.7 Å². The largest absolute Gasteiger partial charge is 0.478 e. The lowest BCUT2D eigenvalue weighted by atomic mass is 10.1. The van der Waals surface area contributed by atoms with E-state index in [1.54, 1.807) is 30.8 Å². The van der Waals surface area contributed by atoms with Crippen LogP contribution in [0.25, 0.3) is 0 Å². The van der Waals surface area contributed by atoms with Crippen molar-refractivity contribution < 1.29 is 14.3 Å². The van der Waals surface area contributed by atoms with E-state index in [2.05, 4.69) is 0 Å². The summed E-state index contributed by atoms with van der Waals surface area (Å²) in [5.74, 6) is -0.462. The van der Waals surface area contributed by atoms with Crippen LogP contribution >= 0.6 is 11.8 Å². The van der Waals surface area contributed by atoms with Gasteiger partial charge in [-0.1, -0.05) is 12.1 Å². The van der Waals surface area contributed by atoms with E-state index in [-0.39, 0.29) is 5.82 Å². The summed E-state index contributed by atoms with van der Waals surface area (Å²) in [4.78, 5) is 12.0. The summed E-state index contributed by atoms with van der Waals surface area (Å²) in [5, 5.41) is 9.10. The van der Waals surface area contributed by atoms with Crippen LogP contribution in [-0.4, -0.2) is 11.1 Å². The molecule has 0 bridgehead atoms. The Kier molecular flexibility index (Phi) is 4.45. The number of hydrogen-bond acceptors (Lipinski definition) is 2. The SMILES string of the molecule is Cc1cc(F)ccc1CSc1ccc(C)c(C(=O)O)c1. The van der Waals surface area contributed by atoms with Gasteiger partial charge >= 0.3 is 5.97 Å². The first-order valence-corrected chi connectivity index (χ1v) is 7.17. The molecule has 1 N–H and O–H groups in total. The Morgan fingerprint density at radius 2 is 1.90 bits per heavy atom. The monoisotopic (exact) mass is 290 g/mol. The lowest BCUT2D eigenvalue weighted by molar-refractivity contribution is 0.0696. The third kappa shape index (κ3) is 3.39. The van der Waals surface area contributed by atoms with Crippen molar-refractivity contribution in [2.75, 3.05) is 0 Å². The summed E-state index contributed by atoms with van der Waals surface area (Å²) in [7, 11) is 0. The molecule has 0 unspecified atom stereocenters. The summed E-state index contributed by atoms with van der Waals surface area (Å²) < 4.78 is 13.0. The summed E-state index contributed by atoms with van der Waals surface area (Å²) in [6, 6.07) is 10.1. The Bertz CT molecular complexity index is 653. The van der Waals surface area contributed by atoms with E-state index in [0.717, 1.165) is 21.6 Å². The molecule has 0 aliphatic carbocycles. The Labute approximate surface area is 121 Å². The van der Waals surface area contributed by atoms with Gasteiger partial charge in [-0.15, -0.1) is 11.8 Å². The summed E-state index contributed by atoms with van der Waals surface area (Å²) in [5.41, 5.74) is 3.03. The molecule has 0 aromatic heterocycles. The molecule has 4 heteroatoms. The highest BCUT2D eigenvalue weighted by atomic mass is 32.2. The number of hydrogen-bond donors (Lipinski definition) is 1. The lowest BCUT2D eigenvalue weighted by Gasteiger charge is -2.08. The average Bonchev–Trinajstić information content (AvgIpc) is 2.39. The summed E-state index contributed by atoms with van der Waals surface area (Å²) in [6.07, 6.45) is 0. The minimum absolute atomic E-state index is 0.236. The van der Waals surface area contributed by atoms with Gasteiger partial charge in [0.05, 0.1) is 5.56 Å². The predicted octanol–water partition coefficient (Wildman–Crippen LogP) is 4.43. The van der Waals surface area contributed by atoms with Gasteiger partial charge < -0.3 is 5.11 Å². The van der Waals surface area contributed by atoms with Gasteiger partial charge in [0.25, 0.3) is 0 Å². The number of aryl methyl sites for hydroxylation is 2. The van der Waals surface area contributed by atoms with E-state index in [0.29, 0.717) is 11.3 Å². The number of aromatic carboxylic acids is 1. The van der Waals surface area contributed by atoms with Crippen LogP contribution < -0.4 is 0 Å². The highest BCUT2D eigenvalue weighted by Crippen LogP contribution is 2.26. The Morgan fingerprint density at radius 3 is 2.55 bits per heavy atom. The molecule has 2 nitrogen and oxygen atoms in total. The fraction of sp³-hybridized carbons (Fsp3) is 0.188. The third-order valence-corrected chi connectivity index (χ3v) is 4.18. The average molecular weight is 290 g/mol. The van der Waals surface area contributed by atoms with Gasteiger partial charge in [-0.2, -0.15) is 0 Å². The van der Waals surface area contributed by atoms with Crippen molar-refractivity contribution in [3.8, 4) is 0 Å². The molecule has 0 aliphatic rings. The minimum atomic E-state index is -0.914. The standard InChI is InChI=1S/C16H15FO2S/c1-10-3-6-14(8-15(10)16(18)19)20-9-12-4-5-13(17)7-11(12)2/h3-8H,9H2,1-2H3,(H,18,19). The van der Waals surface area contributed by atoms with Gasteiger partial charge in [-0.05, 0) is 54.8 Å². The molecule has 0 amide bonds. The minimum Gasteiger partial charge on any atom is -0.478 e. The molecular weight excluding hydrogens is 275 g/mol. The molecule has 2 aromatic rings. The maximum atomic E-state index is 13.0. The van der Waals surface area contributed by atoms with E-state index in [1.807, 2.05) is 19.1 Å². The number of rotatable bonds is 4. The number of thioether (sulfide) groups is 1. The van der Waals surface area contributed by atoms with Crippen LogP contribution in [0.2, 0.25) is 0 Å². The summed E-state index contributed by atoms with van der Waals surface area (Å²) >= 11 is 1.55. The zero-order valence-corrected chi connectivity index (χ0v) is 12.1. The molecule has 0 saturated carbocycles. The van der Waals surface area contributed by atoms with Crippen molar-refractivity contribution in [1.82, 2.24) is 0 Å². The van der Waals surface area contributed by atoms with Crippen molar-refractivity contribution in [3.05, 3.63) is 64.5 Å². The van der Waals surface area contributed by atoms with Gasteiger partial charge in [0.2, 0.25) is 0 Å². The maximum absolute atomic E-state index is 13.0. The highest BCUT2D eigenvalue weighted by molar-refractivity contribution is 7.98. The number of halogens is 1. The van der Waals surface area contributed by atoms with Crippen molar-refractivity contribution in [2.45, 2.75) is 24.5 Å². The van der Waals surface area contributed by atoms with Crippen LogP contribution in [0.4, 0.5) is 4.39 Å². The van der Waals surface area contributed by atoms with E-state index >= 15 is 0 Å². The van der Waals surface area contributed by atoms with Gasteiger partial charge in [-0.3, -0.25) is 0 Å². The van der Waals surface area contributed by atoms with Crippen molar-refractivity contribution in [1.29, 1.82) is 0 Å². The first-order valence-electron chi connectivity index (χ1n) is 6.19. The van der Waals surface area contributed by atoms with Gasteiger partial charge in [0.15, 0.2) is 0 Å². The molecule has 0 heterocycles. The predicted molar refractivity (Wildman–Crippen MR) is 78.8 cm³/mol. The topological polar surface area (TPSA) is 37.3 Å². The maximum Gasteiger partial charge on any atom is 0.335 e. The molecule has 0 aliphatic heterocycles. The van der Waals surface area contributed by atoms with Crippen LogP contribution in [0.1, 0.15) is 27.0 Å².